The molecule has 0 fully saturated rings. The molecule has 0 aliphatic carbocycles. The molecule has 2 aromatic carbocycles. The van der Waals surface area contributed by atoms with Gasteiger partial charge in [0.1, 0.15) is 5.75 Å². The number of nitriles is 1. The molecule has 3 nitrogen and oxygen atoms in total. The Kier molecular flexibility index (Phi) is 6.02. The van der Waals surface area contributed by atoms with Gasteiger partial charge in [-0.1, -0.05) is 12.1 Å². The molecule has 0 bridgehead atoms. The van der Waals surface area contributed by atoms with E-state index >= 15 is 0 Å². The first-order valence-corrected chi connectivity index (χ1v) is 9.46. The molecule has 3 rings (SSSR count). The van der Waals surface area contributed by atoms with Crippen molar-refractivity contribution >= 4 is 11.6 Å². The molecule has 1 aromatic heterocycles. The zero-order chi connectivity index (χ0) is 21.9. The number of hydrogen-bond donors (Lipinski definition) is 0. The molecule has 30 heavy (non-hydrogen) atoms. The summed E-state index contributed by atoms with van der Waals surface area (Å²) >= 11 is 0. The van der Waals surface area contributed by atoms with Crippen molar-refractivity contribution in [2.45, 2.75) is 26.9 Å². The molecule has 6 heteroatoms. The predicted octanol–water partition coefficient (Wildman–Crippen LogP) is 6.58. The number of nitrogens with zero attached hydrogens (tertiary/aromatic N) is 2. The molecule has 0 radical (unpaired) electrons. The van der Waals surface area contributed by atoms with Gasteiger partial charge in [-0.05, 0) is 80.4 Å². The van der Waals surface area contributed by atoms with Crippen LogP contribution < -0.4 is 4.74 Å². The van der Waals surface area contributed by atoms with Crippen LogP contribution in [0.5, 0.6) is 5.75 Å². The van der Waals surface area contributed by atoms with Gasteiger partial charge in [0.25, 0.3) is 0 Å². The molecule has 154 valence electrons. The van der Waals surface area contributed by atoms with Gasteiger partial charge < -0.3 is 9.30 Å². The second-order valence-electron chi connectivity index (χ2n) is 6.84. The Labute approximate surface area is 173 Å². The summed E-state index contributed by atoms with van der Waals surface area (Å²) in [5.41, 5.74) is 3.17. The average molecular weight is 410 g/mol. The number of allylic oxidation sites excluding steroid dienone is 1. The number of halogens is 3. The van der Waals surface area contributed by atoms with Crippen LogP contribution in [0.3, 0.4) is 0 Å². The number of rotatable bonds is 5. The topological polar surface area (TPSA) is 38.0 Å². The molecule has 1 heterocycles. The van der Waals surface area contributed by atoms with Crippen LogP contribution in [0.1, 0.15) is 35.0 Å². The fraction of sp³-hybridized carbons (Fsp3) is 0.208. The summed E-state index contributed by atoms with van der Waals surface area (Å²) < 4.78 is 46.6. The summed E-state index contributed by atoms with van der Waals surface area (Å²) in [6, 6.07) is 16.4. The number of aryl methyl sites for hydroxylation is 1. The van der Waals surface area contributed by atoms with Crippen LogP contribution in [0.15, 0.2) is 54.6 Å². The van der Waals surface area contributed by atoms with E-state index in [-0.39, 0.29) is 11.1 Å². The molecule has 0 amide bonds. The van der Waals surface area contributed by atoms with E-state index < -0.39 is 11.7 Å². The Morgan fingerprint density at radius 3 is 2.40 bits per heavy atom. The van der Waals surface area contributed by atoms with Crippen molar-refractivity contribution in [2.24, 2.45) is 0 Å². The molecule has 0 unspecified atom stereocenters. The van der Waals surface area contributed by atoms with Crippen molar-refractivity contribution in [3.63, 3.8) is 0 Å². The standard InChI is InChI=1S/C24H21F3N2O/c1-4-30-23-10-8-22(9-11-23)29-16(2)12-19(17(29)3)13-20(15-28)18-6-5-7-21(14-18)24(25,26)27/h5-14H,4H2,1-3H3/b20-13-. The highest BCUT2D eigenvalue weighted by Crippen LogP contribution is 2.32. The lowest BCUT2D eigenvalue weighted by molar-refractivity contribution is -0.137. The zero-order valence-corrected chi connectivity index (χ0v) is 16.9. The number of alkyl halides is 3. The number of benzene rings is 2. The van der Waals surface area contributed by atoms with E-state index in [1.165, 1.54) is 12.1 Å². The second-order valence-corrected chi connectivity index (χ2v) is 6.84. The highest BCUT2D eigenvalue weighted by Gasteiger charge is 2.30. The van der Waals surface area contributed by atoms with Gasteiger partial charge in [0, 0.05) is 17.1 Å². The van der Waals surface area contributed by atoms with E-state index in [4.69, 9.17) is 4.74 Å². The SMILES string of the molecule is CCOc1ccc(-n2c(C)cc(/C=C(/C#N)c3cccc(C(F)(F)F)c3)c2C)cc1. The van der Waals surface area contributed by atoms with E-state index in [0.717, 1.165) is 40.5 Å². The van der Waals surface area contributed by atoms with Crippen molar-refractivity contribution in [1.82, 2.24) is 4.57 Å². The van der Waals surface area contributed by atoms with E-state index in [0.29, 0.717) is 6.61 Å². The molecule has 0 N–H and O–H groups in total. The first kappa shape index (κ1) is 21.3. The van der Waals surface area contributed by atoms with E-state index in [1.54, 1.807) is 6.08 Å². The summed E-state index contributed by atoms with van der Waals surface area (Å²) in [5, 5.41) is 9.58. The molecular weight excluding hydrogens is 389 g/mol. The van der Waals surface area contributed by atoms with E-state index in [1.807, 2.05) is 61.7 Å². The van der Waals surface area contributed by atoms with Gasteiger partial charge in [0.2, 0.25) is 0 Å². The Balaban J connectivity index is 2.01. The third kappa shape index (κ3) is 4.41. The maximum atomic E-state index is 13.0. The number of ether oxygens (including phenoxy) is 1. The van der Waals surface area contributed by atoms with Gasteiger partial charge in [-0.15, -0.1) is 0 Å². The van der Waals surface area contributed by atoms with E-state index in [2.05, 4.69) is 0 Å². The van der Waals surface area contributed by atoms with Gasteiger partial charge >= 0.3 is 6.18 Å². The lowest BCUT2D eigenvalue weighted by atomic mass is 10.0. The smallest absolute Gasteiger partial charge is 0.416 e. The minimum Gasteiger partial charge on any atom is -0.494 e. The van der Waals surface area contributed by atoms with Crippen molar-refractivity contribution in [3.8, 4) is 17.5 Å². The lowest BCUT2D eigenvalue weighted by Crippen LogP contribution is -2.04. The second kappa shape index (κ2) is 8.50. The van der Waals surface area contributed by atoms with Crippen molar-refractivity contribution < 1.29 is 17.9 Å². The van der Waals surface area contributed by atoms with Crippen molar-refractivity contribution in [2.75, 3.05) is 6.61 Å². The Morgan fingerprint density at radius 2 is 1.80 bits per heavy atom. The summed E-state index contributed by atoms with van der Waals surface area (Å²) in [6.07, 6.45) is -2.83. The Hall–Kier alpha value is -3.46. The summed E-state index contributed by atoms with van der Waals surface area (Å²) in [7, 11) is 0. The van der Waals surface area contributed by atoms with E-state index in [9.17, 15) is 18.4 Å². The summed E-state index contributed by atoms with van der Waals surface area (Å²) in [4.78, 5) is 0. The van der Waals surface area contributed by atoms with Crippen LogP contribution in [-0.4, -0.2) is 11.2 Å². The fourth-order valence-corrected chi connectivity index (χ4v) is 3.39. The van der Waals surface area contributed by atoms with Crippen LogP contribution in [-0.2, 0) is 6.18 Å². The third-order valence-corrected chi connectivity index (χ3v) is 4.80. The zero-order valence-electron chi connectivity index (χ0n) is 16.9. The first-order valence-electron chi connectivity index (χ1n) is 9.46. The van der Waals surface area contributed by atoms with Crippen molar-refractivity contribution in [1.29, 1.82) is 5.26 Å². The highest BCUT2D eigenvalue weighted by atomic mass is 19.4. The number of aromatic nitrogens is 1. The normalized spacial score (nSPS) is 12.0. The molecule has 0 saturated heterocycles. The average Bonchev–Trinajstić information content (AvgIpc) is 2.99. The molecule has 0 spiro atoms. The van der Waals surface area contributed by atoms with Gasteiger partial charge in [0.15, 0.2) is 0 Å². The first-order chi connectivity index (χ1) is 14.2. The molecular formula is C24H21F3N2O. The minimum absolute atomic E-state index is 0.174. The quantitative estimate of drug-likeness (QED) is 0.446. The predicted molar refractivity (Wildman–Crippen MR) is 111 cm³/mol. The van der Waals surface area contributed by atoms with Gasteiger partial charge in [-0.3, -0.25) is 0 Å². The van der Waals surface area contributed by atoms with Crippen LogP contribution in [0.25, 0.3) is 17.3 Å². The van der Waals surface area contributed by atoms with Gasteiger partial charge in [-0.25, -0.2) is 0 Å². The van der Waals surface area contributed by atoms with Crippen molar-refractivity contribution in [3.05, 3.63) is 82.7 Å². The molecule has 0 aliphatic heterocycles. The van der Waals surface area contributed by atoms with Gasteiger partial charge in [0.05, 0.1) is 23.8 Å². The molecule has 0 atom stereocenters. The maximum absolute atomic E-state index is 13.0. The molecule has 0 aliphatic rings. The van der Waals surface area contributed by atoms with Crippen LogP contribution in [0.2, 0.25) is 0 Å². The molecule has 3 aromatic rings. The van der Waals surface area contributed by atoms with Gasteiger partial charge in [-0.2, -0.15) is 18.4 Å². The highest BCUT2D eigenvalue weighted by molar-refractivity contribution is 5.90. The molecule has 0 saturated carbocycles. The minimum atomic E-state index is -4.46. The van der Waals surface area contributed by atoms with Crippen LogP contribution in [0, 0.1) is 25.2 Å². The maximum Gasteiger partial charge on any atom is 0.416 e. The third-order valence-electron chi connectivity index (χ3n) is 4.80. The Bertz CT molecular complexity index is 1120. The monoisotopic (exact) mass is 410 g/mol. The lowest BCUT2D eigenvalue weighted by Gasteiger charge is -2.11. The summed E-state index contributed by atoms with van der Waals surface area (Å²) in [6.45, 7) is 6.36. The fourth-order valence-electron chi connectivity index (χ4n) is 3.39. The Morgan fingerprint density at radius 1 is 1.10 bits per heavy atom. The largest absolute Gasteiger partial charge is 0.494 e. The van der Waals surface area contributed by atoms with Crippen LogP contribution in [0.4, 0.5) is 13.2 Å². The van der Waals surface area contributed by atoms with Crippen LogP contribution >= 0.6 is 0 Å². The number of hydrogen-bond acceptors (Lipinski definition) is 2. The summed E-state index contributed by atoms with van der Waals surface area (Å²) in [5.74, 6) is 0.778.